The normalized spacial score (nSPS) is 11.2. The molecule has 1 aromatic heterocycles. The zero-order valence-electron chi connectivity index (χ0n) is 11.9. The fourth-order valence-corrected chi connectivity index (χ4v) is 1.95. The number of benzene rings is 1. The van der Waals surface area contributed by atoms with Gasteiger partial charge < -0.3 is 20.8 Å². The first-order chi connectivity index (χ1) is 9.58. The molecule has 20 heavy (non-hydrogen) atoms. The van der Waals surface area contributed by atoms with E-state index >= 15 is 0 Å². The van der Waals surface area contributed by atoms with E-state index in [1.165, 1.54) is 0 Å². The van der Waals surface area contributed by atoms with Crippen LogP contribution in [0.3, 0.4) is 0 Å². The first kappa shape index (κ1) is 14.4. The van der Waals surface area contributed by atoms with Crippen molar-refractivity contribution in [2.24, 2.45) is 5.92 Å². The number of nitrogen functional groups attached to an aromatic ring is 1. The third-order valence-electron chi connectivity index (χ3n) is 2.92. The number of nitrogens with one attached hydrogen (secondary N) is 2. The molecule has 1 aromatic carbocycles. The molecule has 5 nitrogen and oxygen atoms in total. The Hall–Kier alpha value is -2.01. The summed E-state index contributed by atoms with van der Waals surface area (Å²) in [6.45, 7) is 5.91. The van der Waals surface area contributed by atoms with E-state index in [0.717, 1.165) is 10.9 Å². The van der Waals surface area contributed by atoms with Gasteiger partial charge in [0, 0.05) is 18.5 Å². The van der Waals surface area contributed by atoms with E-state index in [-0.39, 0.29) is 5.91 Å². The number of H-pyrrole nitrogens is 1. The summed E-state index contributed by atoms with van der Waals surface area (Å²) in [7, 11) is 0. The first-order valence-corrected chi connectivity index (χ1v) is 6.81. The van der Waals surface area contributed by atoms with E-state index in [4.69, 9.17) is 10.5 Å². The second-order valence-corrected chi connectivity index (χ2v) is 5.22. The number of hydrogen-bond donors (Lipinski definition) is 3. The first-order valence-electron chi connectivity index (χ1n) is 6.81. The molecule has 4 N–H and O–H groups in total. The Morgan fingerprint density at radius 3 is 2.95 bits per heavy atom. The molecule has 1 amide bonds. The van der Waals surface area contributed by atoms with Crippen LogP contribution in [0.1, 0.15) is 24.3 Å². The van der Waals surface area contributed by atoms with Crippen LogP contribution in [-0.4, -0.2) is 30.6 Å². The lowest BCUT2D eigenvalue weighted by atomic mass is 10.2. The van der Waals surface area contributed by atoms with E-state index in [2.05, 4.69) is 24.1 Å². The zero-order valence-corrected chi connectivity index (χ0v) is 11.9. The molecular weight excluding hydrogens is 254 g/mol. The molecule has 0 aliphatic carbocycles. The van der Waals surface area contributed by atoms with Crippen molar-refractivity contribution in [3.63, 3.8) is 0 Å². The second-order valence-electron chi connectivity index (χ2n) is 5.22. The van der Waals surface area contributed by atoms with Gasteiger partial charge in [-0.15, -0.1) is 0 Å². The molecule has 0 saturated carbocycles. The summed E-state index contributed by atoms with van der Waals surface area (Å²) in [4.78, 5) is 15.0. The van der Waals surface area contributed by atoms with Gasteiger partial charge in [-0.1, -0.05) is 26.0 Å². The molecular formula is C15H21N3O2. The molecule has 0 bridgehead atoms. The topological polar surface area (TPSA) is 80.1 Å². The van der Waals surface area contributed by atoms with Crippen molar-refractivity contribution >= 4 is 22.5 Å². The number of carbonyl (C=O) groups excluding carboxylic acids is 1. The molecule has 2 rings (SSSR count). The maximum absolute atomic E-state index is 12.0. The summed E-state index contributed by atoms with van der Waals surface area (Å²) >= 11 is 0. The van der Waals surface area contributed by atoms with Crippen LogP contribution in [0, 0.1) is 5.92 Å². The monoisotopic (exact) mass is 275 g/mol. The standard InChI is InChI=1S/C15H21N3O2/c1-10(2)9-20-7-6-17-15(19)13-8-11-4-3-5-12(16)14(11)18-13/h3-5,8,10,18H,6-7,9,16H2,1-2H3,(H,17,19). The number of nitrogens with two attached hydrogens (primary N) is 1. The van der Waals surface area contributed by atoms with Gasteiger partial charge in [-0.3, -0.25) is 4.79 Å². The van der Waals surface area contributed by atoms with Crippen LogP contribution in [0.5, 0.6) is 0 Å². The number of para-hydroxylation sites is 1. The number of aromatic nitrogens is 1. The molecule has 0 unspecified atom stereocenters. The summed E-state index contributed by atoms with van der Waals surface area (Å²) in [5.74, 6) is 0.358. The quantitative estimate of drug-likeness (QED) is 0.558. The Bertz CT molecular complexity index is 590. The lowest BCUT2D eigenvalue weighted by molar-refractivity contribution is 0.0883. The molecule has 0 saturated heterocycles. The maximum Gasteiger partial charge on any atom is 0.267 e. The number of rotatable bonds is 6. The fourth-order valence-electron chi connectivity index (χ4n) is 1.95. The lowest BCUT2D eigenvalue weighted by Crippen LogP contribution is -2.27. The summed E-state index contributed by atoms with van der Waals surface area (Å²) in [6, 6.07) is 7.40. The van der Waals surface area contributed by atoms with E-state index < -0.39 is 0 Å². The van der Waals surface area contributed by atoms with Crippen molar-refractivity contribution in [1.29, 1.82) is 0 Å². The Labute approximate surface area is 118 Å². The number of aromatic amines is 1. The zero-order chi connectivity index (χ0) is 14.5. The minimum absolute atomic E-state index is 0.145. The number of amides is 1. The lowest BCUT2D eigenvalue weighted by Gasteiger charge is -2.07. The maximum atomic E-state index is 12.0. The van der Waals surface area contributed by atoms with Crippen molar-refractivity contribution in [2.75, 3.05) is 25.5 Å². The van der Waals surface area contributed by atoms with E-state index in [0.29, 0.717) is 37.1 Å². The van der Waals surface area contributed by atoms with Gasteiger partial charge >= 0.3 is 0 Å². The average Bonchev–Trinajstić information content (AvgIpc) is 2.83. The van der Waals surface area contributed by atoms with Crippen molar-refractivity contribution in [1.82, 2.24) is 10.3 Å². The molecule has 0 atom stereocenters. The molecule has 0 fully saturated rings. The highest BCUT2D eigenvalue weighted by Crippen LogP contribution is 2.20. The van der Waals surface area contributed by atoms with Crippen LogP contribution in [0.15, 0.2) is 24.3 Å². The van der Waals surface area contributed by atoms with Gasteiger partial charge in [-0.2, -0.15) is 0 Å². The van der Waals surface area contributed by atoms with E-state index in [1.807, 2.05) is 12.1 Å². The SMILES string of the molecule is CC(C)COCCNC(=O)c1cc2cccc(N)c2[nH]1. The molecule has 108 valence electrons. The van der Waals surface area contributed by atoms with Gasteiger partial charge in [-0.25, -0.2) is 0 Å². The number of anilines is 1. The third-order valence-corrected chi connectivity index (χ3v) is 2.92. The van der Waals surface area contributed by atoms with Gasteiger partial charge in [0.25, 0.3) is 5.91 Å². The molecule has 1 heterocycles. The van der Waals surface area contributed by atoms with Crippen LogP contribution in [-0.2, 0) is 4.74 Å². The number of carbonyl (C=O) groups is 1. The van der Waals surface area contributed by atoms with Crippen molar-refractivity contribution in [2.45, 2.75) is 13.8 Å². The highest BCUT2D eigenvalue weighted by molar-refractivity contribution is 6.00. The van der Waals surface area contributed by atoms with Crippen LogP contribution >= 0.6 is 0 Å². The Morgan fingerprint density at radius 2 is 2.25 bits per heavy atom. The number of hydrogen-bond acceptors (Lipinski definition) is 3. The van der Waals surface area contributed by atoms with Crippen molar-refractivity contribution < 1.29 is 9.53 Å². The van der Waals surface area contributed by atoms with Crippen LogP contribution in [0.4, 0.5) is 5.69 Å². The summed E-state index contributed by atoms with van der Waals surface area (Å²) < 4.78 is 5.41. The van der Waals surface area contributed by atoms with Gasteiger partial charge in [0.15, 0.2) is 0 Å². The minimum atomic E-state index is -0.145. The summed E-state index contributed by atoms with van der Waals surface area (Å²) in [5.41, 5.74) is 7.81. The van der Waals surface area contributed by atoms with Crippen LogP contribution in [0.2, 0.25) is 0 Å². The third kappa shape index (κ3) is 3.51. The van der Waals surface area contributed by atoms with Gasteiger partial charge in [0.2, 0.25) is 0 Å². The molecule has 2 aromatic rings. The van der Waals surface area contributed by atoms with Crippen LogP contribution < -0.4 is 11.1 Å². The predicted molar refractivity (Wildman–Crippen MR) is 80.7 cm³/mol. The highest BCUT2D eigenvalue weighted by atomic mass is 16.5. The Kier molecular flexibility index (Phi) is 4.63. The van der Waals surface area contributed by atoms with Crippen molar-refractivity contribution in [3.8, 4) is 0 Å². The van der Waals surface area contributed by atoms with Gasteiger partial charge in [0.05, 0.1) is 17.8 Å². The average molecular weight is 275 g/mol. The number of fused-ring (bicyclic) bond motifs is 1. The highest BCUT2D eigenvalue weighted by Gasteiger charge is 2.10. The molecule has 0 spiro atoms. The van der Waals surface area contributed by atoms with Crippen molar-refractivity contribution in [3.05, 3.63) is 30.0 Å². The largest absolute Gasteiger partial charge is 0.397 e. The molecule has 5 heteroatoms. The number of ether oxygens (including phenoxy) is 1. The fraction of sp³-hybridized carbons (Fsp3) is 0.400. The van der Waals surface area contributed by atoms with E-state index in [1.54, 1.807) is 12.1 Å². The Balaban J connectivity index is 1.90. The van der Waals surface area contributed by atoms with Crippen LogP contribution in [0.25, 0.3) is 10.9 Å². The summed E-state index contributed by atoms with van der Waals surface area (Å²) in [6.07, 6.45) is 0. The molecule has 0 aliphatic rings. The summed E-state index contributed by atoms with van der Waals surface area (Å²) in [5, 5.41) is 3.75. The molecule has 0 aliphatic heterocycles. The van der Waals surface area contributed by atoms with Gasteiger partial charge in [0.1, 0.15) is 5.69 Å². The minimum Gasteiger partial charge on any atom is -0.397 e. The van der Waals surface area contributed by atoms with E-state index in [9.17, 15) is 4.79 Å². The predicted octanol–water partition coefficient (Wildman–Crippen LogP) is 2.15. The molecule has 0 radical (unpaired) electrons. The Morgan fingerprint density at radius 1 is 1.45 bits per heavy atom. The van der Waals surface area contributed by atoms with Gasteiger partial charge in [-0.05, 0) is 18.1 Å². The second kappa shape index (κ2) is 6.43. The smallest absolute Gasteiger partial charge is 0.267 e.